The zero-order chi connectivity index (χ0) is 21.6. The van der Waals surface area contributed by atoms with Crippen molar-refractivity contribution >= 4 is 33.3 Å². The predicted octanol–water partition coefficient (Wildman–Crippen LogP) is 3.84. The van der Waals surface area contributed by atoms with Crippen LogP contribution in [0.3, 0.4) is 0 Å². The van der Waals surface area contributed by atoms with E-state index in [2.05, 4.69) is 25.5 Å². The summed E-state index contributed by atoms with van der Waals surface area (Å²) in [5.74, 6) is 1.52. The number of anilines is 1. The van der Waals surface area contributed by atoms with E-state index in [0.29, 0.717) is 11.4 Å². The number of amides is 1. The van der Waals surface area contributed by atoms with E-state index in [1.807, 2.05) is 31.2 Å². The van der Waals surface area contributed by atoms with Crippen LogP contribution in [0.5, 0.6) is 5.75 Å². The highest BCUT2D eigenvalue weighted by Gasteiger charge is 2.19. The number of nitrogens with one attached hydrogen (secondary N) is 2. The number of thiophene rings is 1. The number of fused-ring (bicyclic) bond motifs is 1. The standard InChI is InChI=1S/C23H29N5O2S/c1-16-19-21(24-10-13-28-11-4-3-5-12-28)26-15-27-23(19)31-20(16)22(29)25-14-17-6-8-18(30-2)9-7-17/h6-9,15H,3-5,10-14H2,1-2H3,(H,25,29)(H,24,26,27). The minimum Gasteiger partial charge on any atom is -0.497 e. The van der Waals surface area contributed by atoms with E-state index in [-0.39, 0.29) is 5.91 Å². The van der Waals surface area contributed by atoms with Crippen molar-refractivity contribution < 1.29 is 9.53 Å². The van der Waals surface area contributed by atoms with Gasteiger partial charge in [0.1, 0.15) is 22.7 Å². The smallest absolute Gasteiger partial charge is 0.261 e. The van der Waals surface area contributed by atoms with Crippen LogP contribution >= 0.6 is 11.3 Å². The van der Waals surface area contributed by atoms with Gasteiger partial charge in [-0.15, -0.1) is 11.3 Å². The number of hydrogen-bond acceptors (Lipinski definition) is 7. The number of hydrogen-bond donors (Lipinski definition) is 2. The largest absolute Gasteiger partial charge is 0.497 e. The molecule has 0 unspecified atom stereocenters. The molecule has 2 N–H and O–H groups in total. The highest BCUT2D eigenvalue weighted by molar-refractivity contribution is 7.20. The molecule has 0 spiro atoms. The number of likely N-dealkylation sites (tertiary alicyclic amines) is 1. The molecule has 0 aliphatic carbocycles. The summed E-state index contributed by atoms with van der Waals surface area (Å²) in [6.45, 7) is 6.63. The molecule has 0 bridgehead atoms. The Morgan fingerprint density at radius 2 is 1.94 bits per heavy atom. The Labute approximate surface area is 186 Å². The molecule has 31 heavy (non-hydrogen) atoms. The predicted molar refractivity (Wildman–Crippen MR) is 125 cm³/mol. The van der Waals surface area contributed by atoms with Crippen LogP contribution in [0.2, 0.25) is 0 Å². The molecule has 1 aliphatic heterocycles. The number of benzene rings is 1. The van der Waals surface area contributed by atoms with Gasteiger partial charge in [0.2, 0.25) is 0 Å². The number of rotatable bonds is 8. The summed E-state index contributed by atoms with van der Waals surface area (Å²) in [5.41, 5.74) is 1.95. The lowest BCUT2D eigenvalue weighted by atomic mass is 10.1. The van der Waals surface area contributed by atoms with Crippen LogP contribution in [-0.4, -0.2) is 54.1 Å². The van der Waals surface area contributed by atoms with E-state index < -0.39 is 0 Å². The average molecular weight is 440 g/mol. The molecule has 1 aliphatic rings. The van der Waals surface area contributed by atoms with Gasteiger partial charge >= 0.3 is 0 Å². The van der Waals surface area contributed by atoms with Gasteiger partial charge < -0.3 is 20.3 Å². The highest BCUT2D eigenvalue weighted by atomic mass is 32.1. The maximum absolute atomic E-state index is 12.9. The fraction of sp³-hybridized carbons (Fsp3) is 0.435. The van der Waals surface area contributed by atoms with E-state index in [4.69, 9.17) is 4.74 Å². The van der Waals surface area contributed by atoms with Crippen molar-refractivity contribution in [2.24, 2.45) is 0 Å². The number of piperidine rings is 1. The fourth-order valence-electron chi connectivity index (χ4n) is 3.94. The summed E-state index contributed by atoms with van der Waals surface area (Å²) in [6.07, 6.45) is 5.49. The van der Waals surface area contributed by atoms with Gasteiger partial charge in [-0.2, -0.15) is 0 Å². The van der Waals surface area contributed by atoms with Crippen molar-refractivity contribution in [3.05, 3.63) is 46.6 Å². The maximum atomic E-state index is 12.9. The van der Waals surface area contributed by atoms with Gasteiger partial charge in [-0.1, -0.05) is 18.6 Å². The second kappa shape index (κ2) is 10.1. The number of nitrogens with zero attached hydrogens (tertiary/aromatic N) is 3. The second-order valence-corrected chi connectivity index (χ2v) is 8.82. The molecule has 0 atom stereocenters. The van der Waals surface area contributed by atoms with E-state index in [1.165, 1.54) is 43.7 Å². The molecule has 3 heterocycles. The van der Waals surface area contributed by atoms with E-state index in [9.17, 15) is 4.79 Å². The van der Waals surface area contributed by atoms with Crippen LogP contribution in [0.1, 0.15) is 40.1 Å². The van der Waals surface area contributed by atoms with Crippen molar-refractivity contribution in [3.8, 4) is 5.75 Å². The second-order valence-electron chi connectivity index (χ2n) is 7.82. The highest BCUT2D eigenvalue weighted by Crippen LogP contribution is 2.33. The molecule has 164 valence electrons. The molecular formula is C23H29N5O2S. The van der Waals surface area contributed by atoms with Gasteiger partial charge in [0.15, 0.2) is 0 Å². The van der Waals surface area contributed by atoms with Gasteiger partial charge in [0.05, 0.1) is 17.4 Å². The van der Waals surface area contributed by atoms with Crippen molar-refractivity contribution in [2.75, 3.05) is 38.6 Å². The molecule has 0 saturated carbocycles. The first-order valence-electron chi connectivity index (χ1n) is 10.8. The van der Waals surface area contributed by atoms with Gasteiger partial charge in [-0.3, -0.25) is 4.79 Å². The number of methoxy groups -OCH3 is 1. The van der Waals surface area contributed by atoms with Crippen LogP contribution in [0.15, 0.2) is 30.6 Å². The Kier molecular flexibility index (Phi) is 6.99. The Hall–Kier alpha value is -2.71. The maximum Gasteiger partial charge on any atom is 0.261 e. The molecule has 1 amide bonds. The Bertz CT molecular complexity index is 1030. The molecule has 1 saturated heterocycles. The van der Waals surface area contributed by atoms with Crippen molar-refractivity contribution in [3.63, 3.8) is 0 Å². The van der Waals surface area contributed by atoms with Crippen molar-refractivity contribution in [1.29, 1.82) is 0 Å². The molecule has 2 aromatic heterocycles. The summed E-state index contributed by atoms with van der Waals surface area (Å²) in [4.78, 5) is 25.7. The Balaban J connectivity index is 1.42. The monoisotopic (exact) mass is 439 g/mol. The first-order valence-corrected chi connectivity index (χ1v) is 11.6. The van der Waals surface area contributed by atoms with Gasteiger partial charge in [0, 0.05) is 19.6 Å². The first-order chi connectivity index (χ1) is 15.2. The van der Waals surface area contributed by atoms with Crippen LogP contribution in [-0.2, 0) is 6.54 Å². The minimum absolute atomic E-state index is 0.0874. The Morgan fingerprint density at radius 3 is 2.68 bits per heavy atom. The number of aromatic nitrogens is 2. The topological polar surface area (TPSA) is 79.4 Å². The quantitative estimate of drug-likeness (QED) is 0.555. The third-order valence-corrected chi connectivity index (χ3v) is 6.91. The number of carbonyl (C=O) groups excluding carboxylic acids is 1. The van der Waals surface area contributed by atoms with Crippen LogP contribution < -0.4 is 15.4 Å². The summed E-state index contributed by atoms with van der Waals surface area (Å²) in [5, 5.41) is 7.43. The third-order valence-electron chi connectivity index (χ3n) is 5.71. The molecule has 7 nitrogen and oxygen atoms in total. The zero-order valence-corrected chi connectivity index (χ0v) is 18.9. The molecule has 8 heteroatoms. The average Bonchev–Trinajstić information content (AvgIpc) is 3.16. The normalized spacial score (nSPS) is 14.5. The summed E-state index contributed by atoms with van der Waals surface area (Å²) in [6, 6.07) is 7.69. The summed E-state index contributed by atoms with van der Waals surface area (Å²) < 4.78 is 5.18. The lowest BCUT2D eigenvalue weighted by Gasteiger charge is -2.26. The number of aryl methyl sites for hydroxylation is 1. The fourth-order valence-corrected chi connectivity index (χ4v) is 5.01. The van der Waals surface area contributed by atoms with Gasteiger partial charge in [-0.25, -0.2) is 9.97 Å². The van der Waals surface area contributed by atoms with Crippen molar-refractivity contribution in [2.45, 2.75) is 32.7 Å². The van der Waals surface area contributed by atoms with E-state index in [0.717, 1.165) is 46.0 Å². The molecule has 4 rings (SSSR count). The SMILES string of the molecule is COc1ccc(CNC(=O)c2sc3ncnc(NCCN4CCCCC4)c3c2C)cc1. The lowest BCUT2D eigenvalue weighted by molar-refractivity contribution is 0.0954. The zero-order valence-electron chi connectivity index (χ0n) is 18.1. The summed E-state index contributed by atoms with van der Waals surface area (Å²) >= 11 is 1.42. The van der Waals surface area contributed by atoms with Crippen LogP contribution in [0.4, 0.5) is 5.82 Å². The van der Waals surface area contributed by atoms with Crippen LogP contribution in [0.25, 0.3) is 10.2 Å². The third kappa shape index (κ3) is 5.14. The van der Waals surface area contributed by atoms with Gasteiger partial charge in [-0.05, 0) is 56.1 Å². The molecular weight excluding hydrogens is 410 g/mol. The van der Waals surface area contributed by atoms with E-state index in [1.54, 1.807) is 13.4 Å². The summed E-state index contributed by atoms with van der Waals surface area (Å²) in [7, 11) is 1.64. The first kappa shape index (κ1) is 21.5. The van der Waals surface area contributed by atoms with E-state index >= 15 is 0 Å². The molecule has 3 aromatic rings. The minimum atomic E-state index is -0.0874. The number of carbonyl (C=O) groups is 1. The lowest BCUT2D eigenvalue weighted by Crippen LogP contribution is -2.33. The van der Waals surface area contributed by atoms with Crippen molar-refractivity contribution in [1.82, 2.24) is 20.2 Å². The molecule has 0 radical (unpaired) electrons. The Morgan fingerprint density at radius 1 is 1.16 bits per heavy atom. The number of ether oxygens (including phenoxy) is 1. The van der Waals surface area contributed by atoms with Gasteiger partial charge in [0.25, 0.3) is 5.91 Å². The molecule has 1 fully saturated rings. The van der Waals surface area contributed by atoms with Crippen LogP contribution in [0, 0.1) is 6.92 Å². The molecule has 1 aromatic carbocycles.